The molecular weight excluding hydrogens is 206 g/mol. The molecule has 0 aliphatic heterocycles. The first kappa shape index (κ1) is 10.1. The van der Waals surface area contributed by atoms with Crippen LogP contribution in [0.2, 0.25) is 0 Å². The van der Waals surface area contributed by atoms with Gasteiger partial charge in [0.05, 0.1) is 5.00 Å². The van der Waals surface area contributed by atoms with Crippen molar-refractivity contribution >= 4 is 16.3 Å². The van der Waals surface area contributed by atoms with Gasteiger partial charge < -0.3 is 10.1 Å². The zero-order chi connectivity index (χ0) is 10.7. The lowest BCUT2D eigenvalue weighted by atomic mass is 10.2. The summed E-state index contributed by atoms with van der Waals surface area (Å²) in [6.45, 7) is 2.04. The van der Waals surface area contributed by atoms with Crippen LogP contribution in [0.1, 0.15) is 5.56 Å². The second-order valence-corrected chi connectivity index (χ2v) is 4.28. The molecular formula is C12H13NOS. The van der Waals surface area contributed by atoms with Crippen molar-refractivity contribution in [2.45, 2.75) is 6.92 Å². The summed E-state index contributed by atoms with van der Waals surface area (Å²) in [6, 6.07) is 12.0. The van der Waals surface area contributed by atoms with Crippen LogP contribution >= 0.6 is 11.3 Å². The van der Waals surface area contributed by atoms with Gasteiger partial charge in [0, 0.05) is 7.05 Å². The number of hydrogen-bond donors (Lipinski definition) is 1. The van der Waals surface area contributed by atoms with E-state index < -0.39 is 0 Å². The van der Waals surface area contributed by atoms with Gasteiger partial charge in [-0.25, -0.2) is 0 Å². The lowest BCUT2D eigenvalue weighted by Crippen LogP contribution is -1.83. The molecule has 3 heteroatoms. The van der Waals surface area contributed by atoms with Gasteiger partial charge >= 0.3 is 0 Å². The SMILES string of the molecule is CNc1ccc(Oc2ccccc2C)s1. The second-order valence-electron chi connectivity index (χ2n) is 3.24. The number of thiophene rings is 1. The van der Waals surface area contributed by atoms with E-state index in [1.807, 2.05) is 50.4 Å². The molecule has 0 spiro atoms. The Hall–Kier alpha value is -1.48. The average molecular weight is 219 g/mol. The molecule has 1 heterocycles. The van der Waals surface area contributed by atoms with Gasteiger partial charge in [0.2, 0.25) is 0 Å². The van der Waals surface area contributed by atoms with Crippen molar-refractivity contribution in [3.8, 4) is 10.8 Å². The number of benzene rings is 1. The van der Waals surface area contributed by atoms with Crippen molar-refractivity contribution in [3.05, 3.63) is 42.0 Å². The van der Waals surface area contributed by atoms with Gasteiger partial charge in [-0.1, -0.05) is 29.5 Å². The first-order chi connectivity index (χ1) is 7.29. The fourth-order valence-electron chi connectivity index (χ4n) is 1.29. The molecule has 1 N–H and O–H groups in total. The van der Waals surface area contributed by atoms with Crippen LogP contribution in [0.4, 0.5) is 5.00 Å². The molecule has 0 saturated carbocycles. The van der Waals surface area contributed by atoms with Crippen molar-refractivity contribution in [2.75, 3.05) is 12.4 Å². The van der Waals surface area contributed by atoms with E-state index in [2.05, 4.69) is 5.32 Å². The van der Waals surface area contributed by atoms with Crippen LogP contribution in [-0.2, 0) is 0 Å². The second kappa shape index (κ2) is 4.36. The monoisotopic (exact) mass is 219 g/mol. The van der Waals surface area contributed by atoms with Crippen molar-refractivity contribution in [3.63, 3.8) is 0 Å². The van der Waals surface area contributed by atoms with Crippen LogP contribution in [0.15, 0.2) is 36.4 Å². The largest absolute Gasteiger partial charge is 0.446 e. The van der Waals surface area contributed by atoms with E-state index in [1.165, 1.54) is 0 Å². The highest BCUT2D eigenvalue weighted by molar-refractivity contribution is 7.17. The Morgan fingerprint density at radius 3 is 2.60 bits per heavy atom. The normalized spacial score (nSPS) is 10.0. The molecule has 0 atom stereocenters. The highest BCUT2D eigenvalue weighted by atomic mass is 32.1. The zero-order valence-corrected chi connectivity index (χ0v) is 9.60. The Kier molecular flexibility index (Phi) is 2.92. The molecule has 2 rings (SSSR count). The number of anilines is 1. The third kappa shape index (κ3) is 2.30. The zero-order valence-electron chi connectivity index (χ0n) is 8.78. The lowest BCUT2D eigenvalue weighted by Gasteiger charge is -2.05. The third-order valence-corrected chi connectivity index (χ3v) is 3.11. The molecule has 0 saturated heterocycles. The first-order valence-corrected chi connectivity index (χ1v) is 5.62. The molecule has 0 aliphatic rings. The fourth-order valence-corrected chi connectivity index (χ4v) is 2.01. The van der Waals surface area contributed by atoms with Crippen LogP contribution in [0.5, 0.6) is 10.8 Å². The number of hydrogen-bond acceptors (Lipinski definition) is 3. The number of para-hydroxylation sites is 1. The van der Waals surface area contributed by atoms with Gasteiger partial charge in [-0.2, -0.15) is 0 Å². The van der Waals surface area contributed by atoms with E-state index in [0.29, 0.717) is 0 Å². The Bertz CT molecular complexity index is 450. The molecule has 0 amide bonds. The Labute approximate surface area is 93.5 Å². The van der Waals surface area contributed by atoms with Crippen LogP contribution < -0.4 is 10.1 Å². The van der Waals surface area contributed by atoms with Crippen molar-refractivity contribution in [1.29, 1.82) is 0 Å². The van der Waals surface area contributed by atoms with Crippen LogP contribution in [-0.4, -0.2) is 7.05 Å². The van der Waals surface area contributed by atoms with Gasteiger partial charge in [0.15, 0.2) is 5.06 Å². The third-order valence-electron chi connectivity index (χ3n) is 2.13. The maximum Gasteiger partial charge on any atom is 0.182 e. The minimum absolute atomic E-state index is 0.911. The molecule has 0 radical (unpaired) electrons. The van der Waals surface area contributed by atoms with Crippen LogP contribution in [0.25, 0.3) is 0 Å². The minimum Gasteiger partial charge on any atom is -0.446 e. The number of aryl methyl sites for hydroxylation is 1. The molecule has 0 bridgehead atoms. The highest BCUT2D eigenvalue weighted by Gasteiger charge is 2.02. The van der Waals surface area contributed by atoms with Gasteiger partial charge in [0.1, 0.15) is 5.75 Å². The fraction of sp³-hybridized carbons (Fsp3) is 0.167. The standard InChI is InChI=1S/C12H13NOS/c1-9-5-3-4-6-10(9)14-12-8-7-11(13-2)15-12/h3-8,13H,1-2H3. The summed E-state index contributed by atoms with van der Waals surface area (Å²) < 4.78 is 5.77. The van der Waals surface area contributed by atoms with Gasteiger partial charge in [-0.15, -0.1) is 0 Å². The Balaban J connectivity index is 2.18. The average Bonchev–Trinajstić information content (AvgIpc) is 2.69. The molecule has 15 heavy (non-hydrogen) atoms. The molecule has 0 fully saturated rings. The van der Waals surface area contributed by atoms with Crippen molar-refractivity contribution in [2.24, 2.45) is 0 Å². The summed E-state index contributed by atoms with van der Waals surface area (Å²) in [6.07, 6.45) is 0. The predicted molar refractivity (Wildman–Crippen MR) is 65.1 cm³/mol. The van der Waals surface area contributed by atoms with E-state index in [-0.39, 0.29) is 0 Å². The van der Waals surface area contributed by atoms with E-state index in [0.717, 1.165) is 21.4 Å². The summed E-state index contributed by atoms with van der Waals surface area (Å²) in [5, 5.41) is 5.11. The summed E-state index contributed by atoms with van der Waals surface area (Å²) in [7, 11) is 1.91. The van der Waals surface area contributed by atoms with E-state index in [4.69, 9.17) is 4.74 Å². The summed E-state index contributed by atoms with van der Waals surface area (Å²) in [4.78, 5) is 0. The molecule has 1 aromatic heterocycles. The topological polar surface area (TPSA) is 21.3 Å². The predicted octanol–water partition coefficient (Wildman–Crippen LogP) is 3.89. The Morgan fingerprint density at radius 2 is 1.93 bits per heavy atom. The van der Waals surface area contributed by atoms with E-state index >= 15 is 0 Å². The quantitative estimate of drug-likeness (QED) is 0.845. The summed E-state index contributed by atoms with van der Waals surface area (Å²) in [5.41, 5.74) is 1.15. The molecule has 0 aliphatic carbocycles. The molecule has 78 valence electrons. The lowest BCUT2D eigenvalue weighted by molar-refractivity contribution is 0.492. The minimum atomic E-state index is 0.911. The first-order valence-electron chi connectivity index (χ1n) is 4.80. The van der Waals surface area contributed by atoms with E-state index in [1.54, 1.807) is 11.3 Å². The molecule has 1 aromatic carbocycles. The summed E-state index contributed by atoms with van der Waals surface area (Å²) >= 11 is 1.60. The molecule has 2 nitrogen and oxygen atoms in total. The van der Waals surface area contributed by atoms with Gasteiger partial charge in [0.25, 0.3) is 0 Å². The summed E-state index contributed by atoms with van der Waals surface area (Å²) in [5.74, 6) is 0.919. The van der Waals surface area contributed by atoms with Crippen LogP contribution in [0, 0.1) is 6.92 Å². The van der Waals surface area contributed by atoms with Crippen molar-refractivity contribution < 1.29 is 4.74 Å². The van der Waals surface area contributed by atoms with Gasteiger partial charge in [-0.3, -0.25) is 0 Å². The van der Waals surface area contributed by atoms with Crippen molar-refractivity contribution in [1.82, 2.24) is 0 Å². The molecule has 0 unspecified atom stereocenters. The van der Waals surface area contributed by atoms with Crippen LogP contribution in [0.3, 0.4) is 0 Å². The van der Waals surface area contributed by atoms with E-state index in [9.17, 15) is 0 Å². The molecule has 2 aromatic rings. The number of nitrogens with one attached hydrogen (secondary N) is 1. The smallest absolute Gasteiger partial charge is 0.182 e. The maximum absolute atomic E-state index is 5.77. The Morgan fingerprint density at radius 1 is 1.13 bits per heavy atom. The number of rotatable bonds is 3. The number of ether oxygens (including phenoxy) is 1. The van der Waals surface area contributed by atoms with Gasteiger partial charge in [-0.05, 0) is 30.7 Å². The maximum atomic E-state index is 5.77. The highest BCUT2D eigenvalue weighted by Crippen LogP contribution is 2.33.